The number of aromatic amines is 2. The first kappa shape index (κ1) is 70.1. The van der Waals surface area contributed by atoms with Gasteiger partial charge < -0.3 is 69.8 Å². The summed E-state index contributed by atoms with van der Waals surface area (Å²) in [5, 5.41) is 95.6. The predicted octanol–water partition coefficient (Wildman–Crippen LogP) is 8.11. The van der Waals surface area contributed by atoms with E-state index in [0.717, 1.165) is 12.4 Å². The van der Waals surface area contributed by atoms with Crippen LogP contribution in [-0.2, 0) is 22.7 Å². The zero-order valence-electron chi connectivity index (χ0n) is 50.0. The van der Waals surface area contributed by atoms with E-state index in [9.17, 15) is 49.6 Å². The third kappa shape index (κ3) is 11.3. The van der Waals surface area contributed by atoms with Crippen molar-refractivity contribution >= 4 is 46.4 Å². The lowest BCUT2D eigenvalue weighted by molar-refractivity contribution is -0.254. The number of benzene rings is 4. The van der Waals surface area contributed by atoms with Crippen molar-refractivity contribution in [2.24, 2.45) is 0 Å². The normalized spacial score (nSPS) is 21.2. The van der Waals surface area contributed by atoms with Crippen LogP contribution in [0.2, 0.25) is 0 Å². The van der Waals surface area contributed by atoms with E-state index in [1.54, 1.807) is 0 Å². The number of H-pyrrole nitrogens is 2. The standard InChI is InChI=1S/C62H38F18N10O12/c63-35-31(36(64)44(72)47(75)43(35)71)27-17-1-5-21(81-17)29(33-39(67)49(77)59(50(78)40(33)68)99-13-15-9-89(87-85-15)61-57(97)55(95)53(93)25(11-91)101-61)22-7-3-19(83-22)28(32-37(65)45(73)48(76)46(74)38(32)66)20-4-8-24(84-20)30(23-6-2-18(27)82-23)34-41(69)51(79)60(52(80)42(34)70)100-14-16-10-90(88-86-16)62-58(98)56(96)54(94)26(12-92)102-62/h1-10,25-26,53-58,61-62,81,84,91-98H,11-14H2/t25-,26-,53-,54-,55+,56+,57-,58-,61-,62-/m1/s1. The number of hydrogen-bond donors (Lipinski definition) is 10. The first-order valence-corrected chi connectivity index (χ1v) is 29.1. The first-order chi connectivity index (χ1) is 48.5. The highest BCUT2D eigenvalue weighted by Crippen LogP contribution is 2.47. The number of ether oxygens (including phenoxy) is 4. The summed E-state index contributed by atoms with van der Waals surface area (Å²) in [5.41, 5.74) is -21.9. The molecule has 0 unspecified atom stereocenters. The molecule has 9 aromatic rings. The highest BCUT2D eigenvalue weighted by molar-refractivity contribution is 6.00. The Morgan fingerprint density at radius 1 is 0.343 bits per heavy atom. The second kappa shape index (κ2) is 26.6. The number of rotatable bonds is 14. The molecule has 13 rings (SSSR count). The lowest BCUT2D eigenvalue weighted by atomic mass is 9.98. The minimum absolute atomic E-state index is 0.465. The van der Waals surface area contributed by atoms with E-state index in [1.165, 1.54) is 0 Å². The van der Waals surface area contributed by atoms with Gasteiger partial charge in [-0.2, -0.15) is 17.6 Å². The smallest absolute Gasteiger partial charge is 0.204 e. The summed E-state index contributed by atoms with van der Waals surface area (Å²) in [6, 6.07) is 2.53. The van der Waals surface area contributed by atoms with E-state index >= 15 is 70.2 Å². The molecule has 534 valence electrons. The number of fused-ring (bicyclic) bond motifs is 8. The van der Waals surface area contributed by atoms with Crippen LogP contribution in [0.3, 0.4) is 0 Å². The van der Waals surface area contributed by atoms with E-state index in [1.807, 2.05) is 0 Å². The maximum absolute atomic E-state index is 17.2. The molecule has 0 spiro atoms. The molecule has 10 N–H and O–H groups in total. The summed E-state index contributed by atoms with van der Waals surface area (Å²) >= 11 is 0. The van der Waals surface area contributed by atoms with E-state index < -0.39 is 305 Å². The third-order valence-electron chi connectivity index (χ3n) is 16.7. The molecular formula is C62H38F18N10O12. The number of nitrogens with zero attached hydrogens (tertiary/aromatic N) is 8. The molecule has 2 saturated heterocycles. The lowest BCUT2D eigenvalue weighted by Crippen LogP contribution is -2.56. The molecule has 8 bridgehead atoms. The Kier molecular flexibility index (Phi) is 18.3. The van der Waals surface area contributed by atoms with Gasteiger partial charge in [-0.05, 0) is 48.6 Å². The monoisotopic (exact) mass is 1460 g/mol. The number of halogens is 18. The van der Waals surface area contributed by atoms with Crippen molar-refractivity contribution in [3.63, 3.8) is 0 Å². The highest BCUT2D eigenvalue weighted by atomic mass is 19.2. The fourth-order valence-corrected chi connectivity index (χ4v) is 11.7. The molecule has 0 amide bonds. The van der Waals surface area contributed by atoms with Gasteiger partial charge in [0.2, 0.25) is 34.9 Å². The van der Waals surface area contributed by atoms with Crippen LogP contribution in [-0.4, -0.2) is 153 Å². The van der Waals surface area contributed by atoms with Gasteiger partial charge in [-0.3, -0.25) is 0 Å². The van der Waals surface area contributed by atoms with Crippen LogP contribution in [0.5, 0.6) is 11.5 Å². The van der Waals surface area contributed by atoms with Crippen LogP contribution in [0.15, 0.2) is 36.7 Å². The molecule has 0 saturated carbocycles. The largest absolute Gasteiger partial charge is 0.481 e. The summed E-state index contributed by atoms with van der Waals surface area (Å²) in [6.07, 6.45) is -13.7. The average molecular weight is 1460 g/mol. The van der Waals surface area contributed by atoms with E-state index in [-0.39, 0.29) is 0 Å². The summed E-state index contributed by atoms with van der Waals surface area (Å²) in [4.78, 5) is 12.8. The first-order valence-electron chi connectivity index (χ1n) is 29.1. The number of aliphatic hydroxyl groups excluding tert-OH is 8. The molecule has 2 fully saturated rings. The molecule has 0 radical (unpaired) electrons. The minimum Gasteiger partial charge on any atom is -0.481 e. The van der Waals surface area contributed by atoms with Gasteiger partial charge >= 0.3 is 0 Å². The molecule has 4 aliphatic rings. The Morgan fingerprint density at radius 3 is 0.863 bits per heavy atom. The summed E-state index contributed by atoms with van der Waals surface area (Å²) in [6.45, 7) is -4.11. The average Bonchev–Trinajstić information content (AvgIpc) is 1.55. The van der Waals surface area contributed by atoms with Crippen LogP contribution in [0.25, 0.3) is 90.9 Å². The van der Waals surface area contributed by atoms with Crippen molar-refractivity contribution in [2.75, 3.05) is 13.2 Å². The fraction of sp³-hybridized carbons (Fsp3) is 0.226. The fourth-order valence-electron chi connectivity index (χ4n) is 11.7. The van der Waals surface area contributed by atoms with Crippen LogP contribution < -0.4 is 9.47 Å². The Balaban J connectivity index is 1.03. The van der Waals surface area contributed by atoms with Gasteiger partial charge in [0.1, 0.15) is 73.4 Å². The van der Waals surface area contributed by atoms with E-state index in [4.69, 9.17) is 18.9 Å². The Hall–Kier alpha value is -10.3. The molecular weight excluding hydrogens is 1420 g/mol. The van der Waals surface area contributed by atoms with Gasteiger partial charge in [-0.1, -0.05) is 10.4 Å². The van der Waals surface area contributed by atoms with Gasteiger partial charge in [0.25, 0.3) is 0 Å². The molecule has 40 heteroatoms. The number of nitrogens with one attached hydrogen (secondary N) is 2. The zero-order chi connectivity index (χ0) is 73.3. The molecule has 22 nitrogen and oxygen atoms in total. The molecule has 9 heterocycles. The Bertz CT molecular complexity index is 4780. The summed E-state index contributed by atoms with van der Waals surface area (Å²) in [5.74, 6) is -50.0. The molecule has 102 heavy (non-hydrogen) atoms. The second-order valence-corrected chi connectivity index (χ2v) is 22.7. The van der Waals surface area contributed by atoms with E-state index in [2.05, 4.69) is 40.6 Å². The minimum atomic E-state index is -2.76. The molecule has 0 aliphatic carbocycles. The zero-order valence-corrected chi connectivity index (χ0v) is 50.0. The second-order valence-electron chi connectivity index (χ2n) is 22.7. The molecule has 4 aliphatic heterocycles. The number of aromatic nitrogens is 10. The Labute approximate surface area is 553 Å². The van der Waals surface area contributed by atoms with Crippen molar-refractivity contribution in [3.8, 4) is 56.0 Å². The van der Waals surface area contributed by atoms with Crippen molar-refractivity contribution in [3.05, 3.63) is 176 Å². The lowest BCUT2D eigenvalue weighted by Gasteiger charge is -2.39. The summed E-state index contributed by atoms with van der Waals surface area (Å²) in [7, 11) is 0. The molecule has 5 aromatic heterocycles. The van der Waals surface area contributed by atoms with Crippen LogP contribution in [0.4, 0.5) is 79.0 Å². The topological polar surface area (TPSA) is 318 Å². The Morgan fingerprint density at radius 2 is 0.598 bits per heavy atom. The third-order valence-corrected chi connectivity index (χ3v) is 16.7. The SMILES string of the molecule is OC[C@H]1O[C@@H](n2cc(COc3c(F)c(F)c(-c4c5nc(c(-c6c(F)c(F)c(F)c(F)c6F)c6ccc([nH]6)c(-c6c(F)c(F)c(OCc7cn([C@@H]8O[C@H](CO)[C@@H](O)[C@H](O)[C@H]8O)nn7)c(F)c6F)c6nc(c(-c7c(F)c(F)c(F)c(F)c7F)c7ccc4[nH]7)C=C6)C=C5)c(F)c3F)nn2)[C@H](O)[C@@H](O)[C@@H]1O. The van der Waals surface area contributed by atoms with Crippen molar-refractivity contribution < 1.29 is 139 Å². The van der Waals surface area contributed by atoms with Gasteiger partial charge in [0, 0.05) is 44.3 Å². The maximum Gasteiger partial charge on any atom is 0.204 e. The van der Waals surface area contributed by atoms with Gasteiger partial charge in [0.15, 0.2) is 93.8 Å². The number of aliphatic hydroxyl groups is 8. The van der Waals surface area contributed by atoms with Crippen molar-refractivity contribution in [1.82, 2.24) is 49.9 Å². The van der Waals surface area contributed by atoms with Gasteiger partial charge in [0.05, 0.1) is 70.6 Å². The molecule has 10 atom stereocenters. The van der Waals surface area contributed by atoms with Crippen LogP contribution in [0, 0.1) is 105 Å². The quantitative estimate of drug-likeness (QED) is 0.0279. The highest BCUT2D eigenvalue weighted by Gasteiger charge is 2.47. The number of hydrogen-bond acceptors (Lipinski definition) is 18. The van der Waals surface area contributed by atoms with Gasteiger partial charge in [-0.15, -0.1) is 10.2 Å². The van der Waals surface area contributed by atoms with E-state index in [0.29, 0.717) is 57.9 Å². The van der Waals surface area contributed by atoms with Crippen LogP contribution >= 0.6 is 0 Å². The van der Waals surface area contributed by atoms with Crippen molar-refractivity contribution in [1.29, 1.82) is 0 Å². The van der Waals surface area contributed by atoms with Crippen molar-refractivity contribution in [2.45, 2.75) is 74.5 Å². The summed E-state index contributed by atoms with van der Waals surface area (Å²) < 4.78 is 314. The van der Waals surface area contributed by atoms with Crippen LogP contribution in [0.1, 0.15) is 46.6 Å². The molecule has 4 aromatic carbocycles. The predicted molar refractivity (Wildman–Crippen MR) is 307 cm³/mol. The van der Waals surface area contributed by atoms with Gasteiger partial charge in [-0.25, -0.2) is 80.8 Å². The maximum atomic E-state index is 17.2.